The van der Waals surface area contributed by atoms with E-state index in [1.165, 1.54) is 12.0 Å². The lowest BCUT2D eigenvalue weighted by Gasteiger charge is -2.22. The van der Waals surface area contributed by atoms with Crippen LogP contribution in [0.5, 0.6) is 17.2 Å². The minimum absolute atomic E-state index is 0.0745. The minimum atomic E-state index is -1.06. The zero-order valence-corrected chi connectivity index (χ0v) is 16.2. The summed E-state index contributed by atoms with van der Waals surface area (Å²) in [5.41, 5.74) is 0.463. The standard InChI is InChI=1S/C20H19ClN2O5/c1-20(9-12-3-5-16-17(7-12)28-11-27-16)18(24)23(19(25)22-20)10-13-8-14(21)4-6-15(13)26-2/h3-8H,9-11H2,1-2H3,(H,22,25)/t20-/m1/s1. The Hall–Kier alpha value is -2.93. The van der Waals surface area contributed by atoms with Crippen LogP contribution in [0.3, 0.4) is 0 Å². The van der Waals surface area contributed by atoms with E-state index in [0.717, 1.165) is 5.56 Å². The summed E-state index contributed by atoms with van der Waals surface area (Å²) in [6, 6.07) is 10.1. The quantitative estimate of drug-likeness (QED) is 0.777. The van der Waals surface area contributed by atoms with Crippen molar-refractivity contribution < 1.29 is 23.8 Å². The van der Waals surface area contributed by atoms with E-state index in [2.05, 4.69) is 5.32 Å². The second kappa shape index (κ2) is 6.91. The fourth-order valence-electron chi connectivity index (χ4n) is 3.51. The molecule has 2 heterocycles. The number of carbonyl (C=O) groups excluding carboxylic acids is 2. The average Bonchev–Trinajstić information content (AvgIpc) is 3.20. The molecule has 1 fully saturated rings. The lowest BCUT2D eigenvalue weighted by atomic mass is 9.92. The normalized spacial score (nSPS) is 20.5. The molecule has 28 heavy (non-hydrogen) atoms. The molecule has 2 aromatic rings. The van der Waals surface area contributed by atoms with E-state index in [-0.39, 0.29) is 19.2 Å². The number of nitrogens with zero attached hydrogens (tertiary/aromatic N) is 1. The van der Waals surface area contributed by atoms with Gasteiger partial charge in [0.05, 0.1) is 13.7 Å². The molecule has 2 aromatic carbocycles. The summed E-state index contributed by atoms with van der Waals surface area (Å²) in [6.07, 6.45) is 0.331. The number of carbonyl (C=O) groups is 2. The van der Waals surface area contributed by atoms with Gasteiger partial charge in [-0.1, -0.05) is 17.7 Å². The zero-order chi connectivity index (χ0) is 19.9. The lowest BCUT2D eigenvalue weighted by molar-refractivity contribution is -0.131. The van der Waals surface area contributed by atoms with Crippen molar-refractivity contribution >= 4 is 23.5 Å². The topological polar surface area (TPSA) is 77.1 Å². The summed E-state index contributed by atoms with van der Waals surface area (Å²) in [5.74, 6) is 1.57. The van der Waals surface area contributed by atoms with Crippen molar-refractivity contribution in [2.45, 2.75) is 25.4 Å². The molecule has 0 saturated carbocycles. The number of imide groups is 1. The Morgan fingerprint density at radius 3 is 2.75 bits per heavy atom. The van der Waals surface area contributed by atoms with Gasteiger partial charge in [0.15, 0.2) is 11.5 Å². The van der Waals surface area contributed by atoms with Crippen LogP contribution in [-0.2, 0) is 17.8 Å². The van der Waals surface area contributed by atoms with Gasteiger partial charge in [-0.15, -0.1) is 0 Å². The van der Waals surface area contributed by atoms with Crippen LogP contribution in [0.25, 0.3) is 0 Å². The molecule has 8 heteroatoms. The highest BCUT2D eigenvalue weighted by atomic mass is 35.5. The number of nitrogens with one attached hydrogen (secondary N) is 1. The molecule has 2 aliphatic rings. The maximum Gasteiger partial charge on any atom is 0.325 e. The van der Waals surface area contributed by atoms with Gasteiger partial charge in [-0.3, -0.25) is 9.69 Å². The van der Waals surface area contributed by atoms with E-state index in [9.17, 15) is 9.59 Å². The summed E-state index contributed by atoms with van der Waals surface area (Å²) in [6.45, 7) is 1.97. The molecule has 0 radical (unpaired) electrons. The van der Waals surface area contributed by atoms with E-state index in [4.69, 9.17) is 25.8 Å². The number of fused-ring (bicyclic) bond motifs is 1. The molecule has 1 N–H and O–H groups in total. The fraction of sp³-hybridized carbons (Fsp3) is 0.300. The van der Waals surface area contributed by atoms with Crippen LogP contribution in [0.1, 0.15) is 18.1 Å². The maximum absolute atomic E-state index is 13.1. The molecule has 146 valence electrons. The summed E-state index contributed by atoms with van der Waals surface area (Å²) in [5, 5.41) is 3.32. The van der Waals surface area contributed by atoms with Crippen molar-refractivity contribution in [1.82, 2.24) is 10.2 Å². The number of rotatable bonds is 5. The van der Waals surface area contributed by atoms with E-state index in [1.807, 2.05) is 12.1 Å². The first-order valence-electron chi connectivity index (χ1n) is 8.75. The predicted octanol–water partition coefficient (Wildman–Crippen LogP) is 3.13. The van der Waals surface area contributed by atoms with Crippen molar-refractivity contribution in [2.75, 3.05) is 13.9 Å². The Morgan fingerprint density at radius 2 is 1.96 bits per heavy atom. The molecular weight excluding hydrogens is 384 g/mol. The van der Waals surface area contributed by atoms with Crippen LogP contribution in [-0.4, -0.2) is 36.3 Å². The largest absolute Gasteiger partial charge is 0.496 e. The number of urea groups is 1. The molecule has 4 rings (SSSR count). The Bertz CT molecular complexity index is 964. The van der Waals surface area contributed by atoms with Crippen LogP contribution in [0, 0.1) is 0 Å². The van der Waals surface area contributed by atoms with Crippen LogP contribution >= 0.6 is 11.6 Å². The molecule has 1 saturated heterocycles. The van der Waals surface area contributed by atoms with Gasteiger partial charge in [0.1, 0.15) is 11.3 Å². The third kappa shape index (κ3) is 3.22. The van der Waals surface area contributed by atoms with Gasteiger partial charge in [0.25, 0.3) is 5.91 Å². The van der Waals surface area contributed by atoms with E-state index >= 15 is 0 Å². The van der Waals surface area contributed by atoms with Gasteiger partial charge in [-0.05, 0) is 42.8 Å². The predicted molar refractivity (Wildman–Crippen MR) is 102 cm³/mol. The van der Waals surface area contributed by atoms with Gasteiger partial charge in [0.2, 0.25) is 6.79 Å². The van der Waals surface area contributed by atoms with Crippen molar-refractivity contribution in [3.63, 3.8) is 0 Å². The van der Waals surface area contributed by atoms with E-state index < -0.39 is 11.6 Å². The van der Waals surface area contributed by atoms with Crippen LogP contribution < -0.4 is 19.5 Å². The highest BCUT2D eigenvalue weighted by Crippen LogP contribution is 2.34. The van der Waals surface area contributed by atoms with Gasteiger partial charge >= 0.3 is 6.03 Å². The molecule has 2 aliphatic heterocycles. The third-order valence-electron chi connectivity index (χ3n) is 4.91. The Kier molecular flexibility index (Phi) is 4.55. The minimum Gasteiger partial charge on any atom is -0.496 e. The Balaban J connectivity index is 1.55. The van der Waals surface area contributed by atoms with Crippen LogP contribution in [0.15, 0.2) is 36.4 Å². The first kappa shape index (κ1) is 18.4. The van der Waals surface area contributed by atoms with E-state index in [1.54, 1.807) is 31.2 Å². The second-order valence-corrected chi connectivity index (χ2v) is 7.41. The molecular formula is C20H19ClN2O5. The molecule has 1 atom stereocenters. The Labute approximate surface area is 167 Å². The van der Waals surface area contributed by atoms with Gasteiger partial charge < -0.3 is 19.5 Å². The summed E-state index contributed by atoms with van der Waals surface area (Å²) >= 11 is 6.06. The summed E-state index contributed by atoms with van der Waals surface area (Å²) in [4.78, 5) is 26.8. The molecule has 0 spiro atoms. The third-order valence-corrected chi connectivity index (χ3v) is 5.15. The molecule has 0 unspecified atom stereocenters. The first-order chi connectivity index (χ1) is 13.4. The molecule has 3 amide bonds. The fourth-order valence-corrected chi connectivity index (χ4v) is 3.71. The van der Waals surface area contributed by atoms with Crippen LogP contribution in [0.4, 0.5) is 4.79 Å². The molecule has 0 bridgehead atoms. The monoisotopic (exact) mass is 402 g/mol. The van der Waals surface area contributed by atoms with Crippen LogP contribution in [0.2, 0.25) is 5.02 Å². The van der Waals surface area contributed by atoms with Gasteiger partial charge in [-0.2, -0.15) is 0 Å². The highest BCUT2D eigenvalue weighted by molar-refractivity contribution is 6.30. The number of methoxy groups -OCH3 is 1. The SMILES string of the molecule is COc1ccc(Cl)cc1CN1C(=O)N[C@](C)(Cc2ccc3c(c2)OCO3)C1=O. The maximum atomic E-state index is 13.1. The number of benzene rings is 2. The Morgan fingerprint density at radius 1 is 1.18 bits per heavy atom. The van der Waals surface area contributed by atoms with E-state index in [0.29, 0.717) is 34.3 Å². The number of hydrogen-bond donors (Lipinski definition) is 1. The average molecular weight is 403 g/mol. The number of halogens is 1. The smallest absolute Gasteiger partial charge is 0.325 e. The van der Waals surface area contributed by atoms with Crippen molar-refractivity contribution in [2.24, 2.45) is 0 Å². The number of ether oxygens (including phenoxy) is 3. The molecule has 0 aliphatic carbocycles. The van der Waals surface area contributed by atoms with Gasteiger partial charge in [0, 0.05) is 17.0 Å². The second-order valence-electron chi connectivity index (χ2n) is 6.97. The first-order valence-corrected chi connectivity index (χ1v) is 9.12. The van der Waals surface area contributed by atoms with Gasteiger partial charge in [-0.25, -0.2) is 4.79 Å². The lowest BCUT2D eigenvalue weighted by Crippen LogP contribution is -2.45. The van der Waals surface area contributed by atoms with Crippen molar-refractivity contribution in [3.8, 4) is 17.2 Å². The number of amides is 3. The van der Waals surface area contributed by atoms with Crippen molar-refractivity contribution in [3.05, 3.63) is 52.5 Å². The molecule has 0 aromatic heterocycles. The zero-order valence-electron chi connectivity index (χ0n) is 15.5. The summed E-state index contributed by atoms with van der Waals surface area (Å²) in [7, 11) is 1.53. The summed E-state index contributed by atoms with van der Waals surface area (Å²) < 4.78 is 16.0. The number of hydrogen-bond acceptors (Lipinski definition) is 5. The highest BCUT2D eigenvalue weighted by Gasteiger charge is 2.47. The molecule has 7 nitrogen and oxygen atoms in total. The van der Waals surface area contributed by atoms with Crippen molar-refractivity contribution in [1.29, 1.82) is 0 Å².